The molecule has 1 heterocycles. The van der Waals surface area contributed by atoms with Crippen LogP contribution in [0, 0.1) is 6.92 Å². The van der Waals surface area contributed by atoms with E-state index in [0.717, 1.165) is 5.56 Å². The molecule has 26 heavy (non-hydrogen) atoms. The number of carbonyl (C=O) groups excluding carboxylic acids is 1. The van der Waals surface area contributed by atoms with Crippen LogP contribution in [-0.4, -0.2) is 17.7 Å². The highest BCUT2D eigenvalue weighted by Crippen LogP contribution is 2.41. The van der Waals surface area contributed by atoms with E-state index in [1.165, 1.54) is 19.1 Å². The third-order valence-electron chi connectivity index (χ3n) is 3.92. The summed E-state index contributed by atoms with van der Waals surface area (Å²) in [5.41, 5.74) is -2.74. The number of aromatic hydroxyl groups is 1. The summed E-state index contributed by atoms with van der Waals surface area (Å²) in [5, 5.41) is 9.90. The number of alkyl halides is 3. The minimum absolute atomic E-state index is 0.0736. The summed E-state index contributed by atoms with van der Waals surface area (Å²) in [6.07, 6.45) is -4.94. The molecule has 0 bridgehead atoms. The Morgan fingerprint density at radius 2 is 1.92 bits per heavy atom. The van der Waals surface area contributed by atoms with E-state index in [4.69, 9.17) is 4.42 Å². The summed E-state index contributed by atoms with van der Waals surface area (Å²) in [6, 6.07) is 5.29. The number of phenolic OH excluding ortho intramolecular Hbond substituents is 1. The largest absolute Gasteiger partial charge is 0.506 e. The predicted molar refractivity (Wildman–Crippen MR) is 87.4 cm³/mol. The second-order valence-corrected chi connectivity index (χ2v) is 5.68. The summed E-state index contributed by atoms with van der Waals surface area (Å²) in [4.78, 5) is 24.2. The first-order valence-electron chi connectivity index (χ1n) is 7.62. The molecule has 0 fully saturated rings. The molecule has 3 rings (SSSR count). The second kappa shape index (κ2) is 6.05. The van der Waals surface area contributed by atoms with Gasteiger partial charge in [0.05, 0.1) is 12.2 Å². The van der Waals surface area contributed by atoms with Crippen molar-refractivity contribution in [1.82, 2.24) is 0 Å². The zero-order chi connectivity index (χ0) is 19.2. The molecule has 136 valence electrons. The average molecular weight is 366 g/mol. The number of esters is 1. The number of ether oxygens (including phenoxy) is 1. The number of hydrogen-bond acceptors (Lipinski definition) is 5. The summed E-state index contributed by atoms with van der Waals surface area (Å²) >= 11 is 0. The van der Waals surface area contributed by atoms with Gasteiger partial charge in [-0.25, -0.2) is 9.59 Å². The van der Waals surface area contributed by atoms with Crippen LogP contribution in [0.3, 0.4) is 0 Å². The molecule has 0 saturated carbocycles. The van der Waals surface area contributed by atoms with Gasteiger partial charge in [0.2, 0.25) is 0 Å². The van der Waals surface area contributed by atoms with Crippen LogP contribution in [0.2, 0.25) is 0 Å². The van der Waals surface area contributed by atoms with Crippen LogP contribution in [0.25, 0.3) is 21.7 Å². The molecule has 3 aromatic rings. The molecule has 0 unspecified atom stereocenters. The van der Waals surface area contributed by atoms with Crippen molar-refractivity contribution in [1.29, 1.82) is 0 Å². The Morgan fingerprint density at radius 3 is 2.54 bits per heavy atom. The molecule has 8 heteroatoms. The molecule has 0 atom stereocenters. The SMILES string of the molecule is CCOC(=O)c1c(C(F)(F)F)cc2c(c1O)c(=O)oc1ccc(C)cc12. The standard InChI is InChI=1S/C18H13F3O5/c1-3-25-16(23)14-11(18(19,20)21)7-10-9-6-8(2)4-5-12(9)26-17(24)13(10)15(14)22/h4-7,22H,3H2,1-2H3. The Hall–Kier alpha value is -3.03. The Morgan fingerprint density at radius 1 is 1.23 bits per heavy atom. The Balaban J connectivity index is 2.56. The fourth-order valence-corrected chi connectivity index (χ4v) is 2.82. The minimum Gasteiger partial charge on any atom is -0.506 e. The second-order valence-electron chi connectivity index (χ2n) is 5.68. The molecular formula is C18H13F3O5. The molecule has 1 N–H and O–H groups in total. The quantitative estimate of drug-likeness (QED) is 0.419. The maximum atomic E-state index is 13.5. The van der Waals surface area contributed by atoms with Crippen LogP contribution in [0.1, 0.15) is 28.4 Å². The number of aryl methyl sites for hydroxylation is 1. The fourth-order valence-electron chi connectivity index (χ4n) is 2.82. The van der Waals surface area contributed by atoms with E-state index in [9.17, 15) is 27.9 Å². The predicted octanol–water partition coefficient (Wildman–Crippen LogP) is 4.16. The monoisotopic (exact) mass is 366 g/mol. The number of halogens is 3. The number of benzene rings is 2. The molecule has 1 aromatic heterocycles. The summed E-state index contributed by atoms with van der Waals surface area (Å²) in [7, 11) is 0. The van der Waals surface area contributed by atoms with Crippen LogP contribution < -0.4 is 5.63 Å². The molecule has 0 radical (unpaired) electrons. The van der Waals surface area contributed by atoms with Crippen molar-refractivity contribution in [2.24, 2.45) is 0 Å². The first-order chi connectivity index (χ1) is 12.1. The van der Waals surface area contributed by atoms with Crippen LogP contribution in [0.15, 0.2) is 33.5 Å². The van der Waals surface area contributed by atoms with E-state index in [2.05, 4.69) is 4.74 Å². The number of rotatable bonds is 2. The highest BCUT2D eigenvalue weighted by atomic mass is 19.4. The molecular weight excluding hydrogens is 353 g/mol. The van der Waals surface area contributed by atoms with Gasteiger partial charge in [0.1, 0.15) is 22.3 Å². The number of carbonyl (C=O) groups is 1. The van der Waals surface area contributed by atoms with Gasteiger partial charge in [-0.1, -0.05) is 11.6 Å². The van der Waals surface area contributed by atoms with Gasteiger partial charge in [-0.15, -0.1) is 0 Å². The topological polar surface area (TPSA) is 76.7 Å². The molecule has 2 aromatic carbocycles. The first-order valence-corrected chi connectivity index (χ1v) is 7.62. The fraction of sp³-hybridized carbons (Fsp3) is 0.222. The maximum Gasteiger partial charge on any atom is 0.417 e. The minimum atomic E-state index is -4.94. The van der Waals surface area contributed by atoms with Gasteiger partial charge < -0.3 is 14.3 Å². The summed E-state index contributed by atoms with van der Waals surface area (Å²) < 4.78 is 50.2. The van der Waals surface area contributed by atoms with Gasteiger partial charge >= 0.3 is 17.8 Å². The number of fused-ring (bicyclic) bond motifs is 3. The molecule has 0 aliphatic heterocycles. The number of phenols is 1. The van der Waals surface area contributed by atoms with E-state index in [1.807, 2.05) is 0 Å². The van der Waals surface area contributed by atoms with Gasteiger partial charge in [0.25, 0.3) is 0 Å². The van der Waals surface area contributed by atoms with Crippen molar-refractivity contribution >= 4 is 27.7 Å². The zero-order valence-corrected chi connectivity index (χ0v) is 13.7. The van der Waals surface area contributed by atoms with E-state index >= 15 is 0 Å². The Labute approximate surface area is 144 Å². The van der Waals surface area contributed by atoms with Crippen molar-refractivity contribution < 1.29 is 32.2 Å². The van der Waals surface area contributed by atoms with Gasteiger partial charge in [-0.05, 0) is 32.0 Å². The highest BCUT2D eigenvalue weighted by molar-refractivity contribution is 6.11. The zero-order valence-electron chi connectivity index (χ0n) is 13.7. The van der Waals surface area contributed by atoms with Gasteiger partial charge in [0.15, 0.2) is 0 Å². The van der Waals surface area contributed by atoms with E-state index in [0.29, 0.717) is 6.07 Å². The molecule has 0 spiro atoms. The lowest BCUT2D eigenvalue weighted by Gasteiger charge is -2.16. The third-order valence-corrected chi connectivity index (χ3v) is 3.92. The van der Waals surface area contributed by atoms with E-state index in [-0.39, 0.29) is 23.0 Å². The summed E-state index contributed by atoms with van der Waals surface area (Å²) in [5.74, 6) is -2.48. The molecule has 5 nitrogen and oxygen atoms in total. The van der Waals surface area contributed by atoms with Crippen LogP contribution in [0.4, 0.5) is 13.2 Å². The lowest BCUT2D eigenvalue weighted by atomic mass is 9.97. The molecule has 0 amide bonds. The Bertz CT molecular complexity index is 1100. The van der Waals surface area contributed by atoms with Crippen molar-refractivity contribution in [2.75, 3.05) is 6.61 Å². The van der Waals surface area contributed by atoms with Crippen molar-refractivity contribution in [2.45, 2.75) is 20.0 Å². The van der Waals surface area contributed by atoms with Crippen molar-refractivity contribution in [3.63, 3.8) is 0 Å². The van der Waals surface area contributed by atoms with Gasteiger partial charge in [0, 0.05) is 10.8 Å². The van der Waals surface area contributed by atoms with Crippen molar-refractivity contribution in [3.05, 3.63) is 51.4 Å². The first kappa shape index (κ1) is 17.8. The lowest BCUT2D eigenvalue weighted by Crippen LogP contribution is -2.17. The van der Waals surface area contributed by atoms with Crippen LogP contribution >= 0.6 is 0 Å². The third kappa shape index (κ3) is 2.77. The van der Waals surface area contributed by atoms with Crippen LogP contribution in [0.5, 0.6) is 5.75 Å². The van der Waals surface area contributed by atoms with E-state index in [1.54, 1.807) is 13.0 Å². The Kier molecular flexibility index (Phi) is 4.14. The molecule has 0 saturated heterocycles. The highest BCUT2D eigenvalue weighted by Gasteiger charge is 2.39. The molecule has 0 aliphatic rings. The molecule has 0 aliphatic carbocycles. The summed E-state index contributed by atoms with van der Waals surface area (Å²) in [6.45, 7) is 2.93. The van der Waals surface area contributed by atoms with Crippen molar-refractivity contribution in [3.8, 4) is 5.75 Å². The van der Waals surface area contributed by atoms with E-state index < -0.39 is 40.0 Å². The average Bonchev–Trinajstić information content (AvgIpc) is 2.54. The normalized spacial score (nSPS) is 11.9. The maximum absolute atomic E-state index is 13.5. The van der Waals surface area contributed by atoms with Crippen LogP contribution in [-0.2, 0) is 10.9 Å². The van der Waals surface area contributed by atoms with Gasteiger partial charge in [-0.2, -0.15) is 13.2 Å². The smallest absolute Gasteiger partial charge is 0.417 e. The lowest BCUT2D eigenvalue weighted by molar-refractivity contribution is -0.138. The van der Waals surface area contributed by atoms with Gasteiger partial charge in [-0.3, -0.25) is 0 Å². The number of hydrogen-bond donors (Lipinski definition) is 1.